The van der Waals surface area contributed by atoms with Crippen LogP contribution >= 0.6 is 11.3 Å². The van der Waals surface area contributed by atoms with Crippen molar-refractivity contribution in [1.82, 2.24) is 4.98 Å². The van der Waals surface area contributed by atoms with E-state index in [4.69, 9.17) is 4.43 Å². The highest BCUT2D eigenvalue weighted by atomic mass is 32.1. The van der Waals surface area contributed by atoms with Crippen LogP contribution in [0.4, 0.5) is 0 Å². The predicted octanol–water partition coefficient (Wildman–Crippen LogP) is 4.10. The van der Waals surface area contributed by atoms with Crippen molar-refractivity contribution in [2.45, 2.75) is 51.7 Å². The molecule has 92 valence electrons. The molecule has 0 unspecified atom stereocenters. The maximum absolute atomic E-state index is 5.81. The number of thiazole rings is 1. The molecule has 0 aliphatic rings. The monoisotopic (exact) mass is 257 g/mol. The van der Waals surface area contributed by atoms with Gasteiger partial charge in [0.05, 0.1) is 5.01 Å². The van der Waals surface area contributed by atoms with Crippen LogP contribution in [0, 0.1) is 0 Å². The summed E-state index contributed by atoms with van der Waals surface area (Å²) in [4.78, 5) is 4.28. The van der Waals surface area contributed by atoms with E-state index in [9.17, 15) is 0 Å². The summed E-state index contributed by atoms with van der Waals surface area (Å²) >= 11 is 1.76. The lowest BCUT2D eigenvalue weighted by Crippen LogP contribution is -2.25. The van der Waals surface area contributed by atoms with Crippen molar-refractivity contribution in [1.29, 1.82) is 0 Å². The van der Waals surface area contributed by atoms with E-state index < -0.39 is 8.32 Å². The van der Waals surface area contributed by atoms with Crippen LogP contribution in [-0.2, 0) is 10.8 Å². The van der Waals surface area contributed by atoms with Crippen molar-refractivity contribution in [2.24, 2.45) is 0 Å². The molecule has 0 atom stereocenters. The first-order valence-corrected chi connectivity index (χ1v) is 10.4. The Morgan fingerprint density at radius 3 is 2.56 bits per heavy atom. The van der Waals surface area contributed by atoms with Crippen LogP contribution in [0.15, 0.2) is 11.6 Å². The van der Waals surface area contributed by atoms with Crippen molar-refractivity contribution < 1.29 is 4.43 Å². The minimum absolute atomic E-state index is 0.951. The molecule has 2 nitrogen and oxygen atoms in total. The molecule has 0 amide bonds. The van der Waals surface area contributed by atoms with Gasteiger partial charge in [-0.25, -0.2) is 4.98 Å². The normalized spacial score (nSPS) is 11.9. The van der Waals surface area contributed by atoms with E-state index in [0.29, 0.717) is 0 Å². The average molecular weight is 257 g/mol. The SMILES string of the molecule is C[Si](C)(C)OCCCCCCc1nccs1. The first-order chi connectivity index (χ1) is 7.58. The van der Waals surface area contributed by atoms with E-state index >= 15 is 0 Å². The number of unbranched alkanes of at least 4 members (excludes halogenated alkanes) is 3. The van der Waals surface area contributed by atoms with Crippen molar-refractivity contribution in [3.05, 3.63) is 16.6 Å². The van der Waals surface area contributed by atoms with E-state index in [-0.39, 0.29) is 0 Å². The Hall–Kier alpha value is -0.193. The fourth-order valence-electron chi connectivity index (χ4n) is 1.49. The van der Waals surface area contributed by atoms with Gasteiger partial charge in [0.25, 0.3) is 0 Å². The molecule has 16 heavy (non-hydrogen) atoms. The zero-order chi connectivity index (χ0) is 11.9. The van der Waals surface area contributed by atoms with Gasteiger partial charge in [0.1, 0.15) is 0 Å². The highest BCUT2D eigenvalue weighted by Gasteiger charge is 2.12. The van der Waals surface area contributed by atoms with Gasteiger partial charge in [0.2, 0.25) is 0 Å². The summed E-state index contributed by atoms with van der Waals surface area (Å²) in [5.74, 6) is 0. The largest absolute Gasteiger partial charge is 0.418 e. The standard InChI is InChI=1S/C12H23NOSSi/c1-16(2,3)14-10-7-5-4-6-8-12-13-9-11-15-12/h9,11H,4-8,10H2,1-3H3. The van der Waals surface area contributed by atoms with Gasteiger partial charge in [-0.3, -0.25) is 0 Å². The summed E-state index contributed by atoms with van der Waals surface area (Å²) in [6, 6.07) is 0. The zero-order valence-electron chi connectivity index (χ0n) is 10.7. The Kier molecular flexibility index (Phi) is 6.24. The predicted molar refractivity (Wildman–Crippen MR) is 73.6 cm³/mol. The van der Waals surface area contributed by atoms with Crippen LogP contribution in [0.5, 0.6) is 0 Å². The molecule has 1 aromatic heterocycles. The molecule has 0 aromatic carbocycles. The van der Waals surface area contributed by atoms with E-state index in [1.165, 1.54) is 30.7 Å². The number of hydrogen-bond donors (Lipinski definition) is 0. The Bertz CT molecular complexity index is 269. The van der Waals surface area contributed by atoms with Gasteiger partial charge in [-0.05, 0) is 38.9 Å². The summed E-state index contributed by atoms with van der Waals surface area (Å²) in [7, 11) is -1.28. The van der Waals surface area contributed by atoms with Gasteiger partial charge in [0.15, 0.2) is 8.32 Å². The van der Waals surface area contributed by atoms with Crippen molar-refractivity contribution in [2.75, 3.05) is 6.61 Å². The second kappa shape index (κ2) is 7.19. The maximum atomic E-state index is 5.81. The molecule has 0 aliphatic carbocycles. The van der Waals surface area contributed by atoms with Crippen molar-refractivity contribution >= 4 is 19.7 Å². The first-order valence-electron chi connectivity index (χ1n) is 6.10. The Balaban J connectivity index is 1.89. The van der Waals surface area contributed by atoms with Gasteiger partial charge in [-0.1, -0.05) is 12.8 Å². The molecule has 0 aliphatic heterocycles. The first kappa shape index (κ1) is 13.9. The number of nitrogens with zero attached hydrogens (tertiary/aromatic N) is 1. The smallest absolute Gasteiger partial charge is 0.183 e. The van der Waals surface area contributed by atoms with E-state index in [1.54, 1.807) is 11.3 Å². The molecule has 0 bridgehead atoms. The van der Waals surface area contributed by atoms with Crippen LogP contribution < -0.4 is 0 Å². The van der Waals surface area contributed by atoms with E-state index in [1.807, 2.05) is 6.20 Å². The Morgan fingerprint density at radius 2 is 1.94 bits per heavy atom. The molecular formula is C12H23NOSSi. The third kappa shape index (κ3) is 7.14. The molecule has 0 spiro atoms. The van der Waals surface area contributed by atoms with Gasteiger partial charge < -0.3 is 4.43 Å². The molecule has 1 aromatic rings. The van der Waals surface area contributed by atoms with Gasteiger partial charge in [-0.15, -0.1) is 11.3 Å². The second-order valence-corrected chi connectivity index (χ2v) is 10.5. The lowest BCUT2D eigenvalue weighted by Gasteiger charge is -2.16. The molecule has 0 N–H and O–H groups in total. The Morgan fingerprint density at radius 1 is 1.19 bits per heavy atom. The fraction of sp³-hybridized carbons (Fsp3) is 0.750. The molecule has 0 saturated heterocycles. The number of aryl methyl sites for hydroxylation is 1. The molecule has 0 fully saturated rings. The molecule has 0 radical (unpaired) electrons. The fourth-order valence-corrected chi connectivity index (χ4v) is 2.91. The van der Waals surface area contributed by atoms with E-state index in [2.05, 4.69) is 30.0 Å². The molecule has 0 saturated carbocycles. The molecular weight excluding hydrogens is 234 g/mol. The van der Waals surface area contributed by atoms with Crippen LogP contribution in [0.1, 0.15) is 30.7 Å². The van der Waals surface area contributed by atoms with Crippen LogP contribution in [0.25, 0.3) is 0 Å². The van der Waals surface area contributed by atoms with Crippen LogP contribution in [-0.4, -0.2) is 19.9 Å². The van der Waals surface area contributed by atoms with Gasteiger partial charge >= 0.3 is 0 Å². The summed E-state index contributed by atoms with van der Waals surface area (Å²) in [5, 5.41) is 3.33. The molecule has 1 heterocycles. The van der Waals surface area contributed by atoms with E-state index in [0.717, 1.165) is 13.0 Å². The topological polar surface area (TPSA) is 22.1 Å². The lowest BCUT2D eigenvalue weighted by molar-refractivity contribution is 0.298. The maximum Gasteiger partial charge on any atom is 0.183 e. The average Bonchev–Trinajstić information content (AvgIpc) is 2.67. The van der Waals surface area contributed by atoms with Crippen molar-refractivity contribution in [3.8, 4) is 0 Å². The van der Waals surface area contributed by atoms with Crippen LogP contribution in [0.2, 0.25) is 19.6 Å². The minimum atomic E-state index is -1.28. The summed E-state index contributed by atoms with van der Waals surface area (Å²) in [5.41, 5.74) is 0. The summed E-state index contributed by atoms with van der Waals surface area (Å²) in [6.45, 7) is 7.69. The highest BCUT2D eigenvalue weighted by molar-refractivity contribution is 7.09. The lowest BCUT2D eigenvalue weighted by atomic mass is 10.1. The molecule has 1 rings (SSSR count). The summed E-state index contributed by atoms with van der Waals surface area (Å²) < 4.78 is 5.81. The zero-order valence-corrected chi connectivity index (χ0v) is 12.5. The second-order valence-electron chi connectivity index (χ2n) is 5.05. The van der Waals surface area contributed by atoms with Crippen molar-refractivity contribution in [3.63, 3.8) is 0 Å². The number of hydrogen-bond acceptors (Lipinski definition) is 3. The molecule has 4 heteroatoms. The third-order valence-corrected chi connectivity index (χ3v) is 4.21. The quantitative estimate of drug-likeness (QED) is 0.517. The van der Waals surface area contributed by atoms with Crippen LogP contribution in [0.3, 0.4) is 0 Å². The van der Waals surface area contributed by atoms with Gasteiger partial charge in [0, 0.05) is 18.2 Å². The summed E-state index contributed by atoms with van der Waals surface area (Å²) in [6.07, 6.45) is 8.10. The minimum Gasteiger partial charge on any atom is -0.418 e. The highest BCUT2D eigenvalue weighted by Crippen LogP contribution is 2.11. The van der Waals surface area contributed by atoms with Gasteiger partial charge in [-0.2, -0.15) is 0 Å². The number of aromatic nitrogens is 1. The third-order valence-electron chi connectivity index (χ3n) is 2.30. The Labute approximate surface area is 104 Å². The number of rotatable bonds is 8.